The number of amides is 2. The van der Waals surface area contributed by atoms with E-state index in [4.69, 9.17) is 9.47 Å². The van der Waals surface area contributed by atoms with Crippen LogP contribution in [0.5, 0.6) is 11.5 Å². The Morgan fingerprint density at radius 2 is 1.61 bits per heavy atom. The number of rotatable bonds is 4. The zero-order valence-corrected chi connectivity index (χ0v) is 15.6. The lowest BCUT2D eigenvalue weighted by Gasteiger charge is -2.34. The number of ether oxygens (including phenoxy) is 2. The van der Waals surface area contributed by atoms with E-state index in [0.29, 0.717) is 68.7 Å². The number of hydrogen-bond acceptors (Lipinski definition) is 5. The fourth-order valence-electron chi connectivity index (χ4n) is 3.40. The van der Waals surface area contributed by atoms with Gasteiger partial charge in [-0.1, -0.05) is 18.2 Å². The summed E-state index contributed by atoms with van der Waals surface area (Å²) in [6.45, 7) is 3.92. The molecule has 0 radical (unpaired) electrons. The van der Waals surface area contributed by atoms with Crippen molar-refractivity contribution in [3.63, 3.8) is 0 Å². The van der Waals surface area contributed by atoms with Gasteiger partial charge in [0.2, 0.25) is 5.91 Å². The molecule has 4 rings (SSSR count). The van der Waals surface area contributed by atoms with Gasteiger partial charge in [-0.3, -0.25) is 14.5 Å². The number of benzene rings is 2. The van der Waals surface area contributed by atoms with Crippen molar-refractivity contribution in [2.45, 2.75) is 0 Å². The molecule has 28 heavy (non-hydrogen) atoms. The normalized spacial score (nSPS) is 16.5. The molecular formula is C21H23N3O4. The molecule has 0 aromatic heterocycles. The molecule has 0 spiro atoms. The third-order valence-corrected chi connectivity index (χ3v) is 4.87. The van der Waals surface area contributed by atoms with Gasteiger partial charge in [-0.25, -0.2) is 0 Å². The summed E-state index contributed by atoms with van der Waals surface area (Å²) in [6, 6.07) is 14.7. The molecule has 2 aliphatic heterocycles. The molecule has 0 bridgehead atoms. The van der Waals surface area contributed by atoms with Crippen LogP contribution in [0.4, 0.5) is 5.69 Å². The summed E-state index contributed by atoms with van der Waals surface area (Å²) >= 11 is 0. The van der Waals surface area contributed by atoms with Gasteiger partial charge in [0.05, 0.1) is 6.54 Å². The molecule has 1 N–H and O–H groups in total. The van der Waals surface area contributed by atoms with E-state index in [1.807, 2.05) is 41.3 Å². The third-order valence-electron chi connectivity index (χ3n) is 4.87. The molecule has 7 heteroatoms. The fourth-order valence-corrected chi connectivity index (χ4v) is 3.40. The predicted octanol–water partition coefficient (Wildman–Crippen LogP) is 1.85. The molecule has 0 aliphatic carbocycles. The number of hydrogen-bond donors (Lipinski definition) is 1. The first-order valence-electron chi connectivity index (χ1n) is 9.45. The topological polar surface area (TPSA) is 71.1 Å². The lowest BCUT2D eigenvalue weighted by Crippen LogP contribution is -2.50. The molecule has 1 fully saturated rings. The van der Waals surface area contributed by atoms with Gasteiger partial charge in [0.25, 0.3) is 5.91 Å². The van der Waals surface area contributed by atoms with Gasteiger partial charge in [0, 0.05) is 43.5 Å². The van der Waals surface area contributed by atoms with Crippen molar-refractivity contribution in [2.75, 3.05) is 51.3 Å². The van der Waals surface area contributed by atoms with Crippen molar-refractivity contribution in [3.05, 3.63) is 54.1 Å². The van der Waals surface area contributed by atoms with E-state index in [-0.39, 0.29) is 11.8 Å². The van der Waals surface area contributed by atoms with Crippen LogP contribution < -0.4 is 14.8 Å². The lowest BCUT2D eigenvalue weighted by atomic mass is 10.2. The number of piperazine rings is 1. The summed E-state index contributed by atoms with van der Waals surface area (Å²) in [6.07, 6.45) is 0. The minimum atomic E-state index is -0.0838. The van der Waals surface area contributed by atoms with Crippen LogP contribution in [0.15, 0.2) is 48.5 Å². The summed E-state index contributed by atoms with van der Waals surface area (Å²) < 4.78 is 11.0. The Bertz CT molecular complexity index is 848. The Kier molecular flexibility index (Phi) is 5.43. The van der Waals surface area contributed by atoms with Crippen molar-refractivity contribution in [2.24, 2.45) is 0 Å². The van der Waals surface area contributed by atoms with E-state index >= 15 is 0 Å². The Morgan fingerprint density at radius 1 is 0.893 bits per heavy atom. The average Bonchev–Trinajstić information content (AvgIpc) is 2.74. The minimum absolute atomic E-state index is 0.0426. The molecule has 2 aromatic carbocycles. The largest absolute Gasteiger partial charge is 0.486 e. The lowest BCUT2D eigenvalue weighted by molar-refractivity contribution is -0.117. The summed E-state index contributed by atoms with van der Waals surface area (Å²) in [4.78, 5) is 28.8. The molecule has 2 amide bonds. The smallest absolute Gasteiger partial charge is 0.253 e. The highest BCUT2D eigenvalue weighted by Gasteiger charge is 2.23. The molecular weight excluding hydrogens is 358 g/mol. The van der Waals surface area contributed by atoms with Crippen LogP contribution in [-0.4, -0.2) is 67.6 Å². The van der Waals surface area contributed by atoms with E-state index in [9.17, 15) is 9.59 Å². The quantitative estimate of drug-likeness (QED) is 0.875. The van der Waals surface area contributed by atoms with Gasteiger partial charge in [0.1, 0.15) is 13.2 Å². The summed E-state index contributed by atoms with van der Waals surface area (Å²) in [5.41, 5.74) is 1.39. The molecule has 7 nitrogen and oxygen atoms in total. The Hall–Kier alpha value is -3.06. The van der Waals surface area contributed by atoms with Gasteiger partial charge in [-0.2, -0.15) is 0 Å². The van der Waals surface area contributed by atoms with Gasteiger partial charge in [-0.05, 0) is 24.3 Å². The second kappa shape index (κ2) is 8.31. The third kappa shape index (κ3) is 4.26. The molecule has 146 valence electrons. The van der Waals surface area contributed by atoms with Crippen LogP contribution in [0.2, 0.25) is 0 Å². The predicted molar refractivity (Wildman–Crippen MR) is 105 cm³/mol. The second-order valence-electron chi connectivity index (χ2n) is 6.84. The fraction of sp³-hybridized carbons (Fsp3) is 0.333. The van der Waals surface area contributed by atoms with Crippen LogP contribution >= 0.6 is 0 Å². The van der Waals surface area contributed by atoms with Gasteiger partial charge >= 0.3 is 0 Å². The molecule has 1 saturated heterocycles. The maximum atomic E-state index is 12.5. The van der Waals surface area contributed by atoms with Gasteiger partial charge in [0.15, 0.2) is 11.5 Å². The first kappa shape index (κ1) is 18.3. The van der Waals surface area contributed by atoms with Gasteiger partial charge in [-0.15, -0.1) is 0 Å². The number of anilines is 1. The van der Waals surface area contributed by atoms with E-state index in [1.54, 1.807) is 12.1 Å². The first-order chi connectivity index (χ1) is 13.7. The van der Waals surface area contributed by atoms with Crippen molar-refractivity contribution in [1.82, 2.24) is 9.80 Å². The van der Waals surface area contributed by atoms with Crippen LogP contribution in [0.3, 0.4) is 0 Å². The Labute approximate surface area is 163 Å². The minimum Gasteiger partial charge on any atom is -0.486 e. The van der Waals surface area contributed by atoms with Crippen LogP contribution in [0, 0.1) is 0 Å². The molecule has 2 aliphatic rings. The van der Waals surface area contributed by atoms with E-state index in [2.05, 4.69) is 10.2 Å². The van der Waals surface area contributed by atoms with Crippen LogP contribution in [-0.2, 0) is 4.79 Å². The van der Waals surface area contributed by atoms with E-state index in [0.717, 1.165) is 0 Å². The van der Waals surface area contributed by atoms with E-state index < -0.39 is 0 Å². The standard InChI is InChI=1S/C21H23N3O4/c25-20(22-17-6-7-18-19(14-17)28-13-12-27-18)15-23-8-10-24(11-9-23)21(26)16-4-2-1-3-5-16/h1-7,14H,8-13,15H2,(H,22,25). The van der Waals surface area contributed by atoms with Crippen molar-refractivity contribution in [1.29, 1.82) is 0 Å². The highest BCUT2D eigenvalue weighted by molar-refractivity contribution is 5.94. The summed E-state index contributed by atoms with van der Waals surface area (Å²) in [5.74, 6) is 1.31. The second-order valence-corrected chi connectivity index (χ2v) is 6.84. The molecule has 0 saturated carbocycles. The molecule has 0 unspecified atom stereocenters. The van der Waals surface area contributed by atoms with Crippen LogP contribution in [0.25, 0.3) is 0 Å². The first-order valence-corrected chi connectivity index (χ1v) is 9.45. The highest BCUT2D eigenvalue weighted by Crippen LogP contribution is 2.32. The monoisotopic (exact) mass is 381 g/mol. The van der Waals surface area contributed by atoms with Crippen molar-refractivity contribution < 1.29 is 19.1 Å². The average molecular weight is 381 g/mol. The molecule has 0 atom stereocenters. The van der Waals surface area contributed by atoms with E-state index in [1.165, 1.54) is 0 Å². The zero-order chi connectivity index (χ0) is 19.3. The number of nitrogens with zero attached hydrogens (tertiary/aromatic N) is 2. The molecule has 2 heterocycles. The Balaban J connectivity index is 1.27. The number of carbonyl (C=O) groups is 2. The number of carbonyl (C=O) groups excluding carboxylic acids is 2. The van der Waals surface area contributed by atoms with Crippen molar-refractivity contribution >= 4 is 17.5 Å². The SMILES string of the molecule is O=C(CN1CCN(C(=O)c2ccccc2)CC1)Nc1ccc2c(c1)OCCO2. The van der Waals surface area contributed by atoms with Crippen molar-refractivity contribution in [3.8, 4) is 11.5 Å². The highest BCUT2D eigenvalue weighted by atomic mass is 16.6. The maximum absolute atomic E-state index is 12.5. The Morgan fingerprint density at radius 3 is 2.36 bits per heavy atom. The van der Waals surface area contributed by atoms with Crippen LogP contribution in [0.1, 0.15) is 10.4 Å². The maximum Gasteiger partial charge on any atom is 0.253 e. The zero-order valence-electron chi connectivity index (χ0n) is 15.6. The number of nitrogens with one attached hydrogen (secondary N) is 1. The summed E-state index contributed by atoms with van der Waals surface area (Å²) in [5, 5.41) is 2.90. The van der Waals surface area contributed by atoms with Gasteiger partial charge < -0.3 is 19.7 Å². The molecule has 2 aromatic rings. The summed E-state index contributed by atoms with van der Waals surface area (Å²) in [7, 11) is 0. The number of fused-ring (bicyclic) bond motifs is 1.